The van der Waals surface area contributed by atoms with E-state index in [4.69, 9.17) is 0 Å². The van der Waals surface area contributed by atoms with Crippen molar-refractivity contribution < 1.29 is 4.79 Å². The zero-order valence-corrected chi connectivity index (χ0v) is 12.0. The number of fused-ring (bicyclic) bond motifs is 3. The molecule has 2 saturated heterocycles. The Kier molecular flexibility index (Phi) is 2.97. The molecule has 0 aliphatic carbocycles. The van der Waals surface area contributed by atoms with Crippen molar-refractivity contribution >= 4 is 27.5 Å². The molecule has 4 heterocycles. The number of carbonyl (C=O) groups excluding carboxylic acids is 1. The minimum Gasteiger partial charge on any atom is -0.347 e. The molecule has 20 heavy (non-hydrogen) atoms. The number of thiophene rings is 1. The summed E-state index contributed by atoms with van der Waals surface area (Å²) in [7, 11) is 0. The predicted molar refractivity (Wildman–Crippen MR) is 80.0 cm³/mol. The van der Waals surface area contributed by atoms with Crippen molar-refractivity contribution in [3.05, 3.63) is 29.3 Å². The molecule has 0 spiro atoms. The van der Waals surface area contributed by atoms with E-state index in [9.17, 15) is 4.79 Å². The lowest BCUT2D eigenvalue weighted by Gasteiger charge is -2.30. The highest BCUT2D eigenvalue weighted by Crippen LogP contribution is 2.27. The van der Waals surface area contributed by atoms with Crippen molar-refractivity contribution in [2.45, 2.75) is 18.9 Å². The van der Waals surface area contributed by atoms with Gasteiger partial charge in [-0.05, 0) is 48.9 Å². The van der Waals surface area contributed by atoms with Crippen LogP contribution in [-0.2, 0) is 0 Å². The zero-order chi connectivity index (χ0) is 13.5. The molecule has 5 heteroatoms. The van der Waals surface area contributed by atoms with Crippen molar-refractivity contribution in [1.82, 2.24) is 15.2 Å². The highest BCUT2D eigenvalue weighted by molar-refractivity contribution is 7.17. The third-order valence-electron chi connectivity index (χ3n) is 4.34. The second-order valence-corrected chi connectivity index (χ2v) is 6.77. The van der Waals surface area contributed by atoms with Crippen LogP contribution in [0.5, 0.6) is 0 Å². The number of nitrogens with zero attached hydrogens (tertiary/aromatic N) is 2. The zero-order valence-electron chi connectivity index (χ0n) is 11.2. The molecule has 2 aromatic heterocycles. The van der Waals surface area contributed by atoms with Crippen molar-refractivity contribution in [3.8, 4) is 0 Å². The minimum atomic E-state index is -0.0365. The number of rotatable bonds is 2. The Balaban J connectivity index is 1.49. The summed E-state index contributed by atoms with van der Waals surface area (Å²) in [6.45, 7) is 3.39. The van der Waals surface area contributed by atoms with Crippen LogP contribution in [0.2, 0.25) is 0 Å². The first-order valence-corrected chi connectivity index (χ1v) is 8.03. The van der Waals surface area contributed by atoms with Crippen LogP contribution in [0.3, 0.4) is 0 Å². The van der Waals surface area contributed by atoms with Crippen LogP contribution in [-0.4, -0.2) is 41.5 Å². The van der Waals surface area contributed by atoms with Crippen molar-refractivity contribution in [2.75, 3.05) is 19.6 Å². The van der Waals surface area contributed by atoms with E-state index in [1.165, 1.54) is 19.5 Å². The van der Waals surface area contributed by atoms with Crippen LogP contribution in [0.4, 0.5) is 0 Å². The summed E-state index contributed by atoms with van der Waals surface area (Å²) in [4.78, 5) is 19.2. The predicted octanol–water partition coefficient (Wildman–Crippen LogP) is 2.12. The fraction of sp³-hybridized carbons (Fsp3) is 0.467. The highest BCUT2D eigenvalue weighted by Gasteiger charge is 2.33. The standard InChI is InChI=1S/C15H17N3OS/c19-15(13-1-2-14-12(17-13)4-6-20-14)16-11-7-10-3-5-18(8-10)9-11/h1-2,4,6,10-11H,3,5,7-9H2,(H,16,19)/t10-,11-/m1/s1. The van der Waals surface area contributed by atoms with E-state index < -0.39 is 0 Å². The first kappa shape index (κ1) is 12.3. The molecule has 4 rings (SSSR count). The third kappa shape index (κ3) is 2.21. The molecule has 2 aromatic rings. The molecular formula is C15H17N3OS. The fourth-order valence-corrected chi connectivity index (χ4v) is 4.13. The monoisotopic (exact) mass is 287 g/mol. The molecule has 0 saturated carbocycles. The number of hydrogen-bond acceptors (Lipinski definition) is 4. The summed E-state index contributed by atoms with van der Waals surface area (Å²) in [6.07, 6.45) is 2.40. The van der Waals surface area contributed by atoms with Gasteiger partial charge in [-0.1, -0.05) is 0 Å². The third-order valence-corrected chi connectivity index (χ3v) is 5.21. The van der Waals surface area contributed by atoms with Crippen LogP contribution >= 0.6 is 11.3 Å². The second-order valence-electron chi connectivity index (χ2n) is 5.82. The number of piperidine rings is 1. The molecule has 3 atom stereocenters. The first-order valence-electron chi connectivity index (χ1n) is 7.15. The Morgan fingerprint density at radius 3 is 3.20 bits per heavy atom. The summed E-state index contributed by atoms with van der Waals surface area (Å²) in [5.41, 5.74) is 1.44. The summed E-state index contributed by atoms with van der Waals surface area (Å²) < 4.78 is 1.13. The normalized spacial score (nSPS) is 28.7. The van der Waals surface area contributed by atoms with Crippen LogP contribution < -0.4 is 5.32 Å². The Morgan fingerprint density at radius 2 is 2.30 bits per heavy atom. The Bertz CT molecular complexity index is 641. The van der Waals surface area contributed by atoms with Crippen LogP contribution in [0.15, 0.2) is 23.6 Å². The molecule has 2 bridgehead atoms. The number of carbonyl (C=O) groups is 1. The topological polar surface area (TPSA) is 45.2 Å². The lowest BCUT2D eigenvalue weighted by molar-refractivity contribution is 0.0904. The van der Waals surface area contributed by atoms with Crippen LogP contribution in [0, 0.1) is 5.92 Å². The number of aromatic nitrogens is 1. The van der Waals surface area contributed by atoms with Gasteiger partial charge in [-0.3, -0.25) is 4.79 Å². The summed E-state index contributed by atoms with van der Waals surface area (Å²) in [5.74, 6) is 0.729. The SMILES string of the molecule is O=C(N[C@@H]1C[C@H]2CCN(C2)C1)c1ccc2sccc2n1. The van der Waals surface area contributed by atoms with Gasteiger partial charge < -0.3 is 10.2 Å². The average molecular weight is 287 g/mol. The van der Waals surface area contributed by atoms with Gasteiger partial charge in [-0.15, -0.1) is 11.3 Å². The molecule has 0 radical (unpaired) electrons. The molecule has 2 aliphatic rings. The summed E-state index contributed by atoms with van der Waals surface area (Å²) in [6, 6.07) is 6.05. The Morgan fingerprint density at radius 1 is 1.35 bits per heavy atom. The first-order chi connectivity index (χ1) is 9.78. The Hall–Kier alpha value is -1.46. The number of nitrogens with one attached hydrogen (secondary N) is 1. The van der Waals surface area contributed by atoms with E-state index in [0.29, 0.717) is 5.69 Å². The van der Waals surface area contributed by atoms with E-state index in [-0.39, 0.29) is 11.9 Å². The highest BCUT2D eigenvalue weighted by atomic mass is 32.1. The van der Waals surface area contributed by atoms with Gasteiger partial charge in [0.15, 0.2) is 0 Å². The maximum atomic E-state index is 12.3. The van der Waals surface area contributed by atoms with E-state index in [0.717, 1.165) is 29.1 Å². The molecule has 4 nitrogen and oxygen atoms in total. The van der Waals surface area contributed by atoms with E-state index in [1.54, 1.807) is 11.3 Å². The summed E-state index contributed by atoms with van der Waals surface area (Å²) >= 11 is 1.65. The number of hydrogen-bond donors (Lipinski definition) is 1. The molecule has 1 amide bonds. The van der Waals surface area contributed by atoms with Gasteiger partial charge in [0.05, 0.1) is 10.2 Å². The van der Waals surface area contributed by atoms with Gasteiger partial charge in [0.25, 0.3) is 5.91 Å². The maximum Gasteiger partial charge on any atom is 0.270 e. The van der Waals surface area contributed by atoms with E-state index >= 15 is 0 Å². The molecule has 1 N–H and O–H groups in total. The van der Waals surface area contributed by atoms with Gasteiger partial charge in [-0.2, -0.15) is 0 Å². The van der Waals surface area contributed by atoms with E-state index in [2.05, 4.69) is 15.2 Å². The van der Waals surface area contributed by atoms with Crippen molar-refractivity contribution in [2.24, 2.45) is 5.92 Å². The quantitative estimate of drug-likeness (QED) is 0.920. The molecular weight excluding hydrogens is 270 g/mol. The van der Waals surface area contributed by atoms with E-state index in [1.807, 2.05) is 23.6 Å². The van der Waals surface area contributed by atoms with Crippen molar-refractivity contribution in [3.63, 3.8) is 0 Å². The number of pyridine rings is 1. The lowest BCUT2D eigenvalue weighted by Crippen LogP contribution is -2.47. The average Bonchev–Trinajstić information content (AvgIpc) is 3.04. The van der Waals surface area contributed by atoms with Crippen LogP contribution in [0.25, 0.3) is 10.2 Å². The second kappa shape index (κ2) is 4.82. The lowest BCUT2D eigenvalue weighted by atomic mass is 9.97. The van der Waals surface area contributed by atoms with Gasteiger partial charge in [-0.25, -0.2) is 4.98 Å². The maximum absolute atomic E-state index is 12.3. The summed E-state index contributed by atoms with van der Waals surface area (Å²) in [5, 5.41) is 5.16. The number of amides is 1. The molecule has 0 aromatic carbocycles. The van der Waals surface area contributed by atoms with Gasteiger partial charge in [0.1, 0.15) is 5.69 Å². The van der Waals surface area contributed by atoms with Gasteiger partial charge >= 0.3 is 0 Å². The largest absolute Gasteiger partial charge is 0.347 e. The molecule has 104 valence electrons. The van der Waals surface area contributed by atoms with Crippen molar-refractivity contribution in [1.29, 1.82) is 0 Å². The molecule has 2 fully saturated rings. The molecule has 1 unspecified atom stereocenters. The molecule has 2 aliphatic heterocycles. The van der Waals surface area contributed by atoms with Crippen LogP contribution in [0.1, 0.15) is 23.3 Å². The van der Waals surface area contributed by atoms with Gasteiger partial charge in [0, 0.05) is 19.1 Å². The minimum absolute atomic E-state index is 0.0365. The smallest absolute Gasteiger partial charge is 0.270 e. The Labute approximate surface area is 121 Å². The fourth-order valence-electron chi connectivity index (χ4n) is 3.40. The van der Waals surface area contributed by atoms with Gasteiger partial charge in [0.2, 0.25) is 0 Å².